The average Bonchev–Trinajstić information content (AvgIpc) is 2.29. The molecule has 16 heavy (non-hydrogen) atoms. The summed E-state index contributed by atoms with van der Waals surface area (Å²) < 4.78 is 0. The fourth-order valence-electron chi connectivity index (χ4n) is 1.21. The van der Waals surface area contributed by atoms with Gasteiger partial charge in [-0.2, -0.15) is 0 Å². The second-order valence-corrected chi connectivity index (χ2v) is 3.55. The molecule has 3 N–H and O–H groups in total. The van der Waals surface area contributed by atoms with E-state index in [9.17, 15) is 14.7 Å². The van der Waals surface area contributed by atoms with Gasteiger partial charge in [-0.1, -0.05) is 6.92 Å². The van der Waals surface area contributed by atoms with Gasteiger partial charge in [-0.15, -0.1) is 0 Å². The van der Waals surface area contributed by atoms with E-state index in [-0.39, 0.29) is 17.6 Å². The van der Waals surface area contributed by atoms with Crippen molar-refractivity contribution in [2.75, 3.05) is 6.54 Å². The average molecular weight is 224 g/mol. The summed E-state index contributed by atoms with van der Waals surface area (Å²) in [5.74, 6) is -0.250. The number of pyridine rings is 1. The Hall–Kier alpha value is -1.62. The van der Waals surface area contributed by atoms with Crippen LogP contribution in [0.1, 0.15) is 30.1 Å². The number of carbonyl (C=O) groups excluding carboxylic acids is 1. The molecule has 88 valence electrons. The molecule has 0 aliphatic rings. The van der Waals surface area contributed by atoms with Gasteiger partial charge in [0.05, 0.1) is 11.7 Å². The zero-order valence-corrected chi connectivity index (χ0v) is 9.19. The Morgan fingerprint density at radius 1 is 1.56 bits per heavy atom. The fraction of sp³-hybridized carbons (Fsp3) is 0.455. The van der Waals surface area contributed by atoms with Crippen LogP contribution in [0.3, 0.4) is 0 Å². The van der Waals surface area contributed by atoms with Crippen molar-refractivity contribution in [3.63, 3.8) is 0 Å². The number of carbonyl (C=O) groups is 1. The summed E-state index contributed by atoms with van der Waals surface area (Å²) in [6.07, 6.45) is 2.20. The minimum atomic E-state index is -0.379. The van der Waals surface area contributed by atoms with E-state index in [1.807, 2.05) is 6.92 Å². The van der Waals surface area contributed by atoms with Crippen molar-refractivity contribution in [2.45, 2.75) is 25.9 Å². The number of amides is 1. The second-order valence-electron chi connectivity index (χ2n) is 3.55. The Balaban J connectivity index is 2.41. The molecule has 0 aliphatic carbocycles. The maximum atomic E-state index is 11.5. The first kappa shape index (κ1) is 12.4. The van der Waals surface area contributed by atoms with E-state index in [0.717, 1.165) is 0 Å². The van der Waals surface area contributed by atoms with Crippen molar-refractivity contribution >= 4 is 5.91 Å². The number of aromatic amines is 1. The quantitative estimate of drug-likeness (QED) is 0.671. The van der Waals surface area contributed by atoms with Crippen LogP contribution >= 0.6 is 0 Å². The predicted octanol–water partition coefficient (Wildman–Crippen LogP) is 0.266. The Morgan fingerprint density at radius 2 is 2.31 bits per heavy atom. The summed E-state index contributed by atoms with van der Waals surface area (Å²) in [6, 6.07) is 2.76. The second kappa shape index (κ2) is 6.07. The summed E-state index contributed by atoms with van der Waals surface area (Å²) in [4.78, 5) is 24.7. The molecule has 0 saturated heterocycles. The van der Waals surface area contributed by atoms with Gasteiger partial charge in [0.25, 0.3) is 5.91 Å². The molecule has 5 nitrogen and oxygen atoms in total. The SMILES string of the molecule is CCC(O)CCNC(=O)c1ccc(=O)[nH]c1. The van der Waals surface area contributed by atoms with Crippen molar-refractivity contribution in [3.8, 4) is 0 Å². The number of aliphatic hydroxyl groups is 1. The zero-order valence-electron chi connectivity index (χ0n) is 9.19. The molecule has 0 saturated carbocycles. The van der Waals surface area contributed by atoms with Gasteiger partial charge in [-0.25, -0.2) is 0 Å². The normalized spacial score (nSPS) is 12.1. The van der Waals surface area contributed by atoms with Gasteiger partial charge in [0.1, 0.15) is 0 Å². The molecule has 0 bridgehead atoms. The van der Waals surface area contributed by atoms with Crippen LogP contribution in [0.5, 0.6) is 0 Å². The summed E-state index contributed by atoms with van der Waals surface area (Å²) in [7, 11) is 0. The Bertz CT molecular complexity index is 380. The minimum absolute atomic E-state index is 0.238. The van der Waals surface area contributed by atoms with Crippen LogP contribution in [-0.4, -0.2) is 28.6 Å². The van der Waals surface area contributed by atoms with Crippen molar-refractivity contribution in [2.24, 2.45) is 0 Å². The zero-order chi connectivity index (χ0) is 12.0. The minimum Gasteiger partial charge on any atom is -0.393 e. The maximum absolute atomic E-state index is 11.5. The largest absolute Gasteiger partial charge is 0.393 e. The molecule has 1 rings (SSSR count). The van der Waals surface area contributed by atoms with Crippen LogP contribution in [0.15, 0.2) is 23.1 Å². The van der Waals surface area contributed by atoms with Gasteiger partial charge in [0, 0.05) is 18.8 Å². The number of aliphatic hydroxyl groups excluding tert-OH is 1. The van der Waals surface area contributed by atoms with Crippen molar-refractivity contribution in [1.82, 2.24) is 10.3 Å². The third kappa shape index (κ3) is 3.86. The van der Waals surface area contributed by atoms with Crippen LogP contribution < -0.4 is 10.9 Å². The lowest BCUT2D eigenvalue weighted by Crippen LogP contribution is -2.27. The lowest BCUT2D eigenvalue weighted by Gasteiger charge is -2.08. The molecule has 0 aromatic carbocycles. The Morgan fingerprint density at radius 3 is 2.88 bits per heavy atom. The molecule has 0 aliphatic heterocycles. The van der Waals surface area contributed by atoms with Gasteiger partial charge in [0.2, 0.25) is 5.56 Å². The van der Waals surface area contributed by atoms with Gasteiger partial charge >= 0.3 is 0 Å². The van der Waals surface area contributed by atoms with Gasteiger partial charge in [-0.3, -0.25) is 9.59 Å². The van der Waals surface area contributed by atoms with Crippen LogP contribution in [0.2, 0.25) is 0 Å². The Labute approximate surface area is 93.5 Å². The molecule has 1 aromatic heterocycles. The number of rotatable bonds is 5. The number of aromatic nitrogens is 1. The van der Waals surface area contributed by atoms with Crippen molar-refractivity contribution < 1.29 is 9.90 Å². The molecule has 5 heteroatoms. The third-order valence-corrected chi connectivity index (χ3v) is 2.28. The molecular weight excluding hydrogens is 208 g/mol. The molecule has 1 aromatic rings. The fourth-order valence-corrected chi connectivity index (χ4v) is 1.21. The monoisotopic (exact) mass is 224 g/mol. The highest BCUT2D eigenvalue weighted by molar-refractivity contribution is 5.93. The van der Waals surface area contributed by atoms with Crippen LogP contribution in [0.4, 0.5) is 0 Å². The van der Waals surface area contributed by atoms with E-state index in [1.165, 1.54) is 18.3 Å². The first-order valence-electron chi connectivity index (χ1n) is 5.28. The van der Waals surface area contributed by atoms with E-state index in [1.54, 1.807) is 0 Å². The number of hydrogen-bond acceptors (Lipinski definition) is 3. The number of hydrogen-bond donors (Lipinski definition) is 3. The third-order valence-electron chi connectivity index (χ3n) is 2.28. The van der Waals surface area contributed by atoms with E-state index in [2.05, 4.69) is 10.3 Å². The summed E-state index contributed by atoms with van der Waals surface area (Å²) in [6.45, 7) is 2.31. The summed E-state index contributed by atoms with van der Waals surface area (Å²) in [5.41, 5.74) is 0.170. The lowest BCUT2D eigenvalue weighted by atomic mass is 10.2. The highest BCUT2D eigenvalue weighted by Crippen LogP contribution is 1.96. The molecule has 1 heterocycles. The highest BCUT2D eigenvalue weighted by atomic mass is 16.3. The van der Waals surface area contributed by atoms with Gasteiger partial charge in [0.15, 0.2) is 0 Å². The van der Waals surface area contributed by atoms with E-state index in [4.69, 9.17) is 0 Å². The molecule has 1 unspecified atom stereocenters. The number of nitrogens with one attached hydrogen (secondary N) is 2. The van der Waals surface area contributed by atoms with Crippen LogP contribution in [0.25, 0.3) is 0 Å². The smallest absolute Gasteiger partial charge is 0.252 e. The van der Waals surface area contributed by atoms with Crippen LogP contribution in [-0.2, 0) is 0 Å². The van der Waals surface area contributed by atoms with E-state index < -0.39 is 0 Å². The molecule has 0 fully saturated rings. The summed E-state index contributed by atoms with van der Waals surface area (Å²) in [5, 5.41) is 11.9. The topological polar surface area (TPSA) is 82.2 Å². The van der Waals surface area contributed by atoms with Gasteiger partial charge < -0.3 is 15.4 Å². The lowest BCUT2D eigenvalue weighted by molar-refractivity contribution is 0.0941. The van der Waals surface area contributed by atoms with Gasteiger partial charge in [-0.05, 0) is 18.9 Å². The first-order chi connectivity index (χ1) is 7.63. The predicted molar refractivity (Wildman–Crippen MR) is 60.3 cm³/mol. The van der Waals surface area contributed by atoms with Crippen molar-refractivity contribution in [3.05, 3.63) is 34.2 Å². The molecule has 0 radical (unpaired) electrons. The van der Waals surface area contributed by atoms with Crippen LogP contribution in [0, 0.1) is 0 Å². The summed E-state index contributed by atoms with van der Waals surface area (Å²) >= 11 is 0. The van der Waals surface area contributed by atoms with E-state index >= 15 is 0 Å². The number of H-pyrrole nitrogens is 1. The first-order valence-corrected chi connectivity index (χ1v) is 5.28. The molecular formula is C11H16N2O3. The Kier molecular flexibility index (Phi) is 4.72. The molecule has 1 amide bonds. The van der Waals surface area contributed by atoms with E-state index in [0.29, 0.717) is 24.9 Å². The maximum Gasteiger partial charge on any atom is 0.252 e. The highest BCUT2D eigenvalue weighted by Gasteiger charge is 2.06. The van der Waals surface area contributed by atoms with Crippen molar-refractivity contribution in [1.29, 1.82) is 0 Å². The molecule has 0 spiro atoms. The molecule has 1 atom stereocenters. The standard InChI is InChI=1S/C11H16N2O3/c1-2-9(14)5-6-12-11(16)8-3-4-10(15)13-7-8/h3-4,7,9,14H,2,5-6H2,1H3,(H,12,16)(H,13,15).